The topological polar surface area (TPSA) is 50.8 Å². The second-order valence-corrected chi connectivity index (χ2v) is 4.14. The van der Waals surface area contributed by atoms with Crippen molar-refractivity contribution >= 4 is 29.9 Å². The molecule has 2 rings (SSSR count). The number of nitrogens with two attached hydrogens (primary N) is 1. The zero-order valence-corrected chi connectivity index (χ0v) is 12.4. The van der Waals surface area contributed by atoms with Crippen molar-refractivity contribution in [1.82, 2.24) is 4.90 Å². The van der Waals surface area contributed by atoms with E-state index in [1.807, 2.05) is 37.2 Å². The summed E-state index contributed by atoms with van der Waals surface area (Å²) in [7, 11) is 3.77. The molecule has 0 aromatic heterocycles. The molecule has 17 heavy (non-hydrogen) atoms. The molecule has 0 fully saturated rings. The van der Waals surface area contributed by atoms with Crippen LogP contribution in [0.3, 0.4) is 0 Å². The first-order valence-corrected chi connectivity index (χ1v) is 5.37. The van der Waals surface area contributed by atoms with Gasteiger partial charge < -0.3 is 15.4 Å². The fourth-order valence-electron chi connectivity index (χ4n) is 1.73. The summed E-state index contributed by atoms with van der Waals surface area (Å²) in [4.78, 5) is 6.15. The largest absolute Gasteiger partial charge is 0.493 e. The highest BCUT2D eigenvalue weighted by molar-refractivity contribution is 14.0. The number of para-hydroxylation sites is 1. The van der Waals surface area contributed by atoms with Crippen LogP contribution in [-0.4, -0.2) is 38.1 Å². The average molecular weight is 347 g/mol. The van der Waals surface area contributed by atoms with Crippen LogP contribution in [0.4, 0.5) is 0 Å². The maximum absolute atomic E-state index is 5.75. The van der Waals surface area contributed by atoms with E-state index < -0.39 is 0 Å². The van der Waals surface area contributed by atoms with Crippen molar-refractivity contribution in [2.24, 2.45) is 10.7 Å². The number of fused-ring (bicyclic) bond motifs is 1. The molecule has 1 atom stereocenters. The quantitative estimate of drug-likeness (QED) is 0.503. The highest BCUT2D eigenvalue weighted by atomic mass is 127. The van der Waals surface area contributed by atoms with Crippen LogP contribution >= 0.6 is 24.0 Å². The van der Waals surface area contributed by atoms with Crippen LogP contribution in [-0.2, 0) is 0 Å². The average Bonchev–Trinajstić information content (AvgIpc) is 2.69. The molecule has 5 heteroatoms. The summed E-state index contributed by atoms with van der Waals surface area (Å²) in [5, 5.41) is 0. The first kappa shape index (κ1) is 14.1. The van der Waals surface area contributed by atoms with Gasteiger partial charge in [-0.25, -0.2) is 0 Å². The van der Waals surface area contributed by atoms with Crippen molar-refractivity contribution in [3.05, 3.63) is 29.8 Å². The van der Waals surface area contributed by atoms with E-state index in [1.54, 1.807) is 0 Å². The van der Waals surface area contributed by atoms with E-state index in [-0.39, 0.29) is 24.0 Å². The molecule has 1 aromatic rings. The second kappa shape index (κ2) is 6.09. The predicted octanol–water partition coefficient (Wildman–Crippen LogP) is 1.66. The number of nitrogens with zero attached hydrogens (tertiary/aromatic N) is 2. The molecule has 0 amide bonds. The van der Waals surface area contributed by atoms with E-state index in [2.05, 4.69) is 11.1 Å². The number of aliphatic imine (C=N–C) groups is 1. The zero-order valence-electron chi connectivity index (χ0n) is 10.1. The minimum atomic E-state index is 0. The zero-order chi connectivity index (χ0) is 11.5. The van der Waals surface area contributed by atoms with Crippen molar-refractivity contribution in [3.8, 4) is 5.75 Å². The van der Waals surface area contributed by atoms with Gasteiger partial charge in [-0.15, -0.1) is 24.0 Å². The van der Waals surface area contributed by atoms with E-state index in [0.717, 1.165) is 5.75 Å². The van der Waals surface area contributed by atoms with Gasteiger partial charge in [0.2, 0.25) is 0 Å². The predicted molar refractivity (Wildman–Crippen MR) is 80.3 cm³/mol. The van der Waals surface area contributed by atoms with Crippen LogP contribution in [0, 0.1) is 0 Å². The molecule has 1 aliphatic rings. The molecular formula is C12H18IN3O. The number of guanidine groups is 1. The Morgan fingerprint density at radius 3 is 2.88 bits per heavy atom. The standard InChI is InChI=1S/C12H17N3O.HI/c1-15(2)12(13)14-7-9-8-16-11-6-4-3-5-10(9)11;/h3-6,9H,7-8H2,1-2H3,(H2,13,14);1H. The third-order valence-corrected chi connectivity index (χ3v) is 2.73. The molecular weight excluding hydrogens is 329 g/mol. The van der Waals surface area contributed by atoms with Crippen molar-refractivity contribution in [1.29, 1.82) is 0 Å². The van der Waals surface area contributed by atoms with Crippen molar-refractivity contribution in [2.45, 2.75) is 5.92 Å². The molecule has 1 aromatic carbocycles. The van der Waals surface area contributed by atoms with Gasteiger partial charge in [-0.1, -0.05) is 18.2 Å². The number of benzene rings is 1. The lowest BCUT2D eigenvalue weighted by Crippen LogP contribution is -2.31. The summed E-state index contributed by atoms with van der Waals surface area (Å²) in [5.41, 5.74) is 6.98. The van der Waals surface area contributed by atoms with Crippen LogP contribution < -0.4 is 10.5 Å². The Hall–Kier alpha value is -0.980. The normalized spacial score (nSPS) is 18.0. The third kappa shape index (κ3) is 3.24. The lowest BCUT2D eigenvalue weighted by Gasteiger charge is -2.12. The second-order valence-electron chi connectivity index (χ2n) is 4.14. The maximum Gasteiger partial charge on any atom is 0.190 e. The van der Waals surface area contributed by atoms with Crippen LogP contribution in [0.2, 0.25) is 0 Å². The van der Waals surface area contributed by atoms with Gasteiger partial charge >= 0.3 is 0 Å². The Morgan fingerprint density at radius 1 is 1.47 bits per heavy atom. The van der Waals surface area contributed by atoms with E-state index in [0.29, 0.717) is 25.0 Å². The number of rotatable bonds is 2. The highest BCUT2D eigenvalue weighted by Gasteiger charge is 2.23. The van der Waals surface area contributed by atoms with Gasteiger partial charge in [0.05, 0.1) is 13.2 Å². The van der Waals surface area contributed by atoms with E-state index >= 15 is 0 Å². The van der Waals surface area contributed by atoms with Gasteiger partial charge in [-0.2, -0.15) is 0 Å². The fraction of sp³-hybridized carbons (Fsp3) is 0.417. The summed E-state index contributed by atoms with van der Waals surface area (Å²) in [5.74, 6) is 1.87. The first-order valence-electron chi connectivity index (χ1n) is 5.37. The molecule has 4 nitrogen and oxygen atoms in total. The van der Waals surface area contributed by atoms with E-state index in [1.165, 1.54) is 5.56 Å². The summed E-state index contributed by atoms with van der Waals surface area (Å²) in [6, 6.07) is 8.10. The van der Waals surface area contributed by atoms with Gasteiger partial charge in [0.25, 0.3) is 0 Å². The SMILES string of the molecule is CN(C)C(N)=NCC1COc2ccccc21.I. The number of hydrogen-bond donors (Lipinski definition) is 1. The van der Waals surface area contributed by atoms with Crippen molar-refractivity contribution in [2.75, 3.05) is 27.2 Å². The summed E-state index contributed by atoms with van der Waals surface area (Å²) in [6.45, 7) is 1.38. The molecule has 0 radical (unpaired) electrons. The van der Waals surface area contributed by atoms with Crippen LogP contribution in [0.15, 0.2) is 29.3 Å². The Balaban J connectivity index is 0.00000144. The smallest absolute Gasteiger partial charge is 0.190 e. The molecule has 1 heterocycles. The third-order valence-electron chi connectivity index (χ3n) is 2.73. The van der Waals surface area contributed by atoms with Gasteiger partial charge in [0, 0.05) is 25.6 Å². The maximum atomic E-state index is 5.75. The Kier molecular flexibility index (Phi) is 5.04. The minimum absolute atomic E-state index is 0. The fourth-order valence-corrected chi connectivity index (χ4v) is 1.73. The minimum Gasteiger partial charge on any atom is -0.493 e. The molecule has 0 saturated carbocycles. The van der Waals surface area contributed by atoms with E-state index in [9.17, 15) is 0 Å². The van der Waals surface area contributed by atoms with Crippen molar-refractivity contribution in [3.63, 3.8) is 0 Å². The number of halogens is 1. The van der Waals surface area contributed by atoms with Crippen molar-refractivity contribution < 1.29 is 4.74 Å². The highest BCUT2D eigenvalue weighted by Crippen LogP contribution is 2.33. The van der Waals surface area contributed by atoms with Gasteiger partial charge in [0.1, 0.15) is 5.75 Å². The number of ether oxygens (including phenoxy) is 1. The van der Waals surface area contributed by atoms with Gasteiger partial charge in [0.15, 0.2) is 5.96 Å². The van der Waals surface area contributed by atoms with E-state index in [4.69, 9.17) is 10.5 Å². The molecule has 2 N–H and O–H groups in total. The summed E-state index contributed by atoms with van der Waals surface area (Å²) < 4.78 is 5.58. The molecule has 1 unspecified atom stereocenters. The molecule has 0 spiro atoms. The van der Waals surface area contributed by atoms with Crippen LogP contribution in [0.5, 0.6) is 5.75 Å². The Bertz CT molecular complexity index is 406. The Labute approximate surface area is 119 Å². The monoisotopic (exact) mass is 347 g/mol. The lowest BCUT2D eigenvalue weighted by molar-refractivity contribution is 0.332. The molecule has 94 valence electrons. The molecule has 0 aliphatic carbocycles. The molecule has 0 saturated heterocycles. The Morgan fingerprint density at radius 2 is 2.18 bits per heavy atom. The summed E-state index contributed by atoms with van der Waals surface area (Å²) >= 11 is 0. The first-order chi connectivity index (χ1) is 7.68. The summed E-state index contributed by atoms with van der Waals surface area (Å²) in [6.07, 6.45) is 0. The van der Waals surface area contributed by atoms with Gasteiger partial charge in [-0.3, -0.25) is 4.99 Å². The van der Waals surface area contributed by atoms with Crippen LogP contribution in [0.1, 0.15) is 11.5 Å². The lowest BCUT2D eigenvalue weighted by atomic mass is 10.0. The van der Waals surface area contributed by atoms with Gasteiger partial charge in [-0.05, 0) is 6.07 Å². The molecule has 1 aliphatic heterocycles. The number of hydrogen-bond acceptors (Lipinski definition) is 2. The van der Waals surface area contributed by atoms with Crippen LogP contribution in [0.25, 0.3) is 0 Å². The molecule has 0 bridgehead atoms.